The van der Waals surface area contributed by atoms with Crippen LogP contribution in [0.5, 0.6) is 0 Å². The van der Waals surface area contributed by atoms with Crippen LogP contribution in [0.25, 0.3) is 0 Å². The van der Waals surface area contributed by atoms with Crippen molar-refractivity contribution in [3.05, 3.63) is 24.0 Å². The molecule has 0 unspecified atom stereocenters. The summed E-state index contributed by atoms with van der Waals surface area (Å²) < 4.78 is 0. The fourth-order valence-electron chi connectivity index (χ4n) is 3.84. The molecule has 4 heteroatoms. The number of rotatable bonds is 2. The predicted molar refractivity (Wildman–Crippen MR) is 78.2 cm³/mol. The molecule has 2 heterocycles. The number of nitrogens with zero attached hydrogens (tertiary/aromatic N) is 2. The number of hydrogen-bond donors (Lipinski definition) is 1. The lowest BCUT2D eigenvalue weighted by molar-refractivity contribution is 0.0691. The zero-order valence-electron chi connectivity index (χ0n) is 11.8. The number of anilines is 1. The van der Waals surface area contributed by atoms with E-state index in [1.807, 2.05) is 12.1 Å². The van der Waals surface area contributed by atoms with Gasteiger partial charge in [0.15, 0.2) is 5.69 Å². The van der Waals surface area contributed by atoms with Crippen molar-refractivity contribution in [1.82, 2.24) is 4.98 Å². The van der Waals surface area contributed by atoms with Crippen molar-refractivity contribution in [1.29, 1.82) is 0 Å². The van der Waals surface area contributed by atoms with Crippen LogP contribution in [0.2, 0.25) is 0 Å². The minimum Gasteiger partial charge on any atom is -0.476 e. The molecular formula is C16H22N2O2. The highest BCUT2D eigenvalue weighted by Gasteiger charge is 2.36. The fraction of sp³-hybridized carbons (Fsp3) is 0.625. The van der Waals surface area contributed by atoms with E-state index in [4.69, 9.17) is 0 Å². The minimum absolute atomic E-state index is 0.187. The summed E-state index contributed by atoms with van der Waals surface area (Å²) in [6, 6.07) is 3.71. The van der Waals surface area contributed by atoms with Gasteiger partial charge >= 0.3 is 5.97 Å². The van der Waals surface area contributed by atoms with Gasteiger partial charge in [0, 0.05) is 19.3 Å². The molecule has 1 saturated heterocycles. The second-order valence-corrected chi connectivity index (χ2v) is 6.22. The van der Waals surface area contributed by atoms with Gasteiger partial charge in [-0.1, -0.05) is 19.3 Å². The molecule has 0 atom stereocenters. The van der Waals surface area contributed by atoms with Crippen LogP contribution in [0.4, 0.5) is 5.69 Å². The first kappa shape index (κ1) is 13.4. The van der Waals surface area contributed by atoms with Crippen LogP contribution in [0.1, 0.15) is 55.4 Å². The van der Waals surface area contributed by atoms with Crippen LogP contribution in [0.15, 0.2) is 18.3 Å². The largest absolute Gasteiger partial charge is 0.476 e. The van der Waals surface area contributed by atoms with Gasteiger partial charge in [0.25, 0.3) is 0 Å². The van der Waals surface area contributed by atoms with Crippen molar-refractivity contribution < 1.29 is 9.90 Å². The normalized spacial score (nSPS) is 21.9. The number of carboxylic acids is 1. The van der Waals surface area contributed by atoms with Gasteiger partial charge in [-0.15, -0.1) is 0 Å². The van der Waals surface area contributed by atoms with E-state index in [0.29, 0.717) is 5.41 Å². The van der Waals surface area contributed by atoms with Crippen molar-refractivity contribution in [3.63, 3.8) is 0 Å². The highest BCUT2D eigenvalue weighted by molar-refractivity contribution is 5.92. The Labute approximate surface area is 119 Å². The van der Waals surface area contributed by atoms with Crippen LogP contribution in [0, 0.1) is 5.41 Å². The average molecular weight is 274 g/mol. The Morgan fingerprint density at radius 1 is 1.15 bits per heavy atom. The summed E-state index contributed by atoms with van der Waals surface area (Å²) in [5.41, 5.74) is 1.51. The monoisotopic (exact) mass is 274 g/mol. The maximum absolute atomic E-state index is 11.3. The molecule has 0 bridgehead atoms. The Morgan fingerprint density at radius 3 is 2.50 bits per heavy atom. The zero-order valence-corrected chi connectivity index (χ0v) is 11.8. The van der Waals surface area contributed by atoms with Crippen molar-refractivity contribution >= 4 is 11.7 Å². The van der Waals surface area contributed by atoms with Gasteiger partial charge in [0.05, 0.1) is 5.69 Å². The van der Waals surface area contributed by atoms with Crippen LogP contribution >= 0.6 is 0 Å². The van der Waals surface area contributed by atoms with Crippen molar-refractivity contribution in [3.8, 4) is 0 Å². The number of aromatic nitrogens is 1. The molecule has 0 aromatic carbocycles. The molecule has 1 aliphatic heterocycles. The minimum atomic E-state index is -0.932. The van der Waals surface area contributed by atoms with Gasteiger partial charge in [0.2, 0.25) is 0 Å². The second kappa shape index (κ2) is 5.43. The van der Waals surface area contributed by atoms with E-state index in [9.17, 15) is 9.90 Å². The molecule has 2 aliphatic rings. The van der Waals surface area contributed by atoms with E-state index in [1.54, 1.807) is 6.20 Å². The summed E-state index contributed by atoms with van der Waals surface area (Å²) in [4.78, 5) is 17.5. The van der Waals surface area contributed by atoms with Crippen LogP contribution < -0.4 is 4.90 Å². The third-order valence-corrected chi connectivity index (χ3v) is 5.07. The van der Waals surface area contributed by atoms with E-state index in [2.05, 4.69) is 9.88 Å². The van der Waals surface area contributed by atoms with Gasteiger partial charge in [0.1, 0.15) is 0 Å². The molecule has 3 rings (SSSR count). The van der Waals surface area contributed by atoms with Crippen molar-refractivity contribution in [2.24, 2.45) is 5.41 Å². The summed E-state index contributed by atoms with van der Waals surface area (Å²) in [6.45, 7) is 1.93. The SMILES string of the molecule is O=C(O)c1ncccc1N1CCC2(CCCCC2)CC1. The van der Waals surface area contributed by atoms with E-state index in [-0.39, 0.29) is 5.69 Å². The molecule has 1 spiro atoms. The third kappa shape index (κ3) is 2.51. The molecule has 1 N–H and O–H groups in total. The van der Waals surface area contributed by atoms with Crippen molar-refractivity contribution in [2.75, 3.05) is 18.0 Å². The molecule has 1 aromatic rings. The van der Waals surface area contributed by atoms with Crippen molar-refractivity contribution in [2.45, 2.75) is 44.9 Å². The average Bonchev–Trinajstić information content (AvgIpc) is 2.49. The van der Waals surface area contributed by atoms with Gasteiger partial charge in [-0.05, 0) is 43.2 Å². The number of pyridine rings is 1. The Bertz CT molecular complexity index is 485. The Balaban J connectivity index is 1.73. The smallest absolute Gasteiger partial charge is 0.356 e. The fourth-order valence-corrected chi connectivity index (χ4v) is 3.84. The predicted octanol–water partition coefficient (Wildman–Crippen LogP) is 3.33. The third-order valence-electron chi connectivity index (χ3n) is 5.07. The zero-order chi connectivity index (χ0) is 14.0. The molecule has 1 aliphatic carbocycles. The molecular weight excluding hydrogens is 252 g/mol. The first-order valence-electron chi connectivity index (χ1n) is 7.64. The number of carboxylic acid groups (broad SMARTS) is 1. The molecule has 4 nitrogen and oxygen atoms in total. The quantitative estimate of drug-likeness (QED) is 0.898. The molecule has 1 saturated carbocycles. The van der Waals surface area contributed by atoms with Gasteiger partial charge in [-0.25, -0.2) is 9.78 Å². The molecule has 1 aromatic heterocycles. The van der Waals surface area contributed by atoms with Crippen LogP contribution in [-0.2, 0) is 0 Å². The van der Waals surface area contributed by atoms with Crippen LogP contribution in [0.3, 0.4) is 0 Å². The maximum Gasteiger partial charge on any atom is 0.356 e. The Kier molecular flexibility index (Phi) is 3.64. The Hall–Kier alpha value is -1.58. The molecule has 0 amide bonds. The second-order valence-electron chi connectivity index (χ2n) is 6.22. The summed E-state index contributed by atoms with van der Waals surface area (Å²) >= 11 is 0. The first-order chi connectivity index (χ1) is 9.70. The van der Waals surface area contributed by atoms with E-state index >= 15 is 0 Å². The van der Waals surface area contributed by atoms with Crippen LogP contribution in [-0.4, -0.2) is 29.1 Å². The van der Waals surface area contributed by atoms with Gasteiger partial charge in [-0.2, -0.15) is 0 Å². The molecule has 20 heavy (non-hydrogen) atoms. The first-order valence-corrected chi connectivity index (χ1v) is 7.64. The van der Waals surface area contributed by atoms with Gasteiger partial charge in [-0.3, -0.25) is 0 Å². The number of piperidine rings is 1. The highest BCUT2D eigenvalue weighted by Crippen LogP contribution is 2.45. The Morgan fingerprint density at radius 2 is 1.85 bits per heavy atom. The summed E-state index contributed by atoms with van der Waals surface area (Å²) in [5, 5.41) is 9.25. The molecule has 108 valence electrons. The number of aromatic carboxylic acids is 1. The molecule has 0 radical (unpaired) electrons. The summed E-state index contributed by atoms with van der Waals surface area (Å²) in [7, 11) is 0. The van der Waals surface area contributed by atoms with Gasteiger partial charge < -0.3 is 10.0 Å². The lowest BCUT2D eigenvalue weighted by Crippen LogP contribution is -2.41. The maximum atomic E-state index is 11.3. The highest BCUT2D eigenvalue weighted by atomic mass is 16.4. The molecule has 2 fully saturated rings. The number of carbonyl (C=O) groups is 1. The number of hydrogen-bond acceptors (Lipinski definition) is 3. The summed E-state index contributed by atoms with van der Waals surface area (Å²) in [5.74, 6) is -0.932. The standard InChI is InChI=1S/C16H22N2O2/c19-15(20)14-13(5-4-10-17-14)18-11-8-16(9-12-18)6-2-1-3-7-16/h4-5,10H,1-3,6-9,11-12H2,(H,19,20). The van der Waals surface area contributed by atoms with E-state index in [0.717, 1.165) is 18.8 Å². The summed E-state index contributed by atoms with van der Waals surface area (Å²) in [6.07, 6.45) is 10.8. The van der Waals surface area contributed by atoms with E-state index in [1.165, 1.54) is 44.9 Å². The lowest BCUT2D eigenvalue weighted by atomic mass is 9.68. The topological polar surface area (TPSA) is 53.4 Å². The van der Waals surface area contributed by atoms with E-state index < -0.39 is 5.97 Å². The lowest BCUT2D eigenvalue weighted by Gasteiger charge is -2.45.